The zero-order valence-corrected chi connectivity index (χ0v) is 10.0. The average Bonchev–Trinajstić information content (AvgIpc) is 2.83. The first-order valence-electron chi connectivity index (χ1n) is 6.22. The normalized spacial score (nSPS) is 37.4. The van der Waals surface area contributed by atoms with E-state index in [0.29, 0.717) is 5.92 Å². The van der Waals surface area contributed by atoms with Crippen LogP contribution >= 0.6 is 0 Å². The maximum Gasteiger partial charge on any atom is 0.326 e. The molecule has 1 heterocycles. The third kappa shape index (κ3) is 2.29. The Morgan fingerprint density at radius 3 is 2.53 bits per heavy atom. The van der Waals surface area contributed by atoms with Crippen molar-refractivity contribution < 1.29 is 19.8 Å². The average molecular weight is 241 g/mol. The molecule has 5 heteroatoms. The van der Waals surface area contributed by atoms with Gasteiger partial charge in [0, 0.05) is 18.9 Å². The molecule has 1 aliphatic carbocycles. The van der Waals surface area contributed by atoms with Gasteiger partial charge in [-0.05, 0) is 18.8 Å². The summed E-state index contributed by atoms with van der Waals surface area (Å²) < 4.78 is 0. The molecule has 1 saturated heterocycles. The van der Waals surface area contributed by atoms with Gasteiger partial charge in [0.15, 0.2) is 0 Å². The molecule has 2 aliphatic rings. The number of likely N-dealkylation sites (tertiary alicyclic amines) is 1. The highest BCUT2D eigenvalue weighted by Gasteiger charge is 2.43. The van der Waals surface area contributed by atoms with Gasteiger partial charge in [-0.15, -0.1) is 0 Å². The number of carboxylic acid groups (broad SMARTS) is 1. The van der Waals surface area contributed by atoms with Gasteiger partial charge in [-0.3, -0.25) is 4.79 Å². The lowest BCUT2D eigenvalue weighted by Gasteiger charge is -2.26. The van der Waals surface area contributed by atoms with Gasteiger partial charge >= 0.3 is 5.97 Å². The number of hydrogen-bond acceptors (Lipinski definition) is 3. The van der Waals surface area contributed by atoms with Crippen LogP contribution in [0.3, 0.4) is 0 Å². The van der Waals surface area contributed by atoms with Crippen molar-refractivity contribution in [3.05, 3.63) is 0 Å². The minimum atomic E-state index is -1.01. The summed E-state index contributed by atoms with van der Waals surface area (Å²) in [5, 5.41) is 18.6. The van der Waals surface area contributed by atoms with Crippen LogP contribution in [0.15, 0.2) is 0 Å². The van der Waals surface area contributed by atoms with E-state index in [1.165, 1.54) is 4.90 Å². The molecule has 0 spiro atoms. The molecule has 17 heavy (non-hydrogen) atoms. The molecule has 1 aliphatic heterocycles. The van der Waals surface area contributed by atoms with Crippen molar-refractivity contribution in [2.75, 3.05) is 6.54 Å². The molecule has 96 valence electrons. The number of aliphatic carboxylic acids is 1. The smallest absolute Gasteiger partial charge is 0.326 e. The Morgan fingerprint density at radius 2 is 2.00 bits per heavy atom. The van der Waals surface area contributed by atoms with Crippen LogP contribution in [0, 0.1) is 11.8 Å². The van der Waals surface area contributed by atoms with Gasteiger partial charge < -0.3 is 15.1 Å². The number of aliphatic hydroxyl groups is 1. The van der Waals surface area contributed by atoms with E-state index in [1.807, 2.05) is 6.92 Å². The first-order valence-corrected chi connectivity index (χ1v) is 6.22. The van der Waals surface area contributed by atoms with E-state index < -0.39 is 18.1 Å². The van der Waals surface area contributed by atoms with Crippen molar-refractivity contribution in [3.63, 3.8) is 0 Å². The van der Waals surface area contributed by atoms with E-state index in [4.69, 9.17) is 5.11 Å². The lowest BCUT2D eigenvalue weighted by Crippen LogP contribution is -2.44. The van der Waals surface area contributed by atoms with Crippen LogP contribution in [-0.2, 0) is 9.59 Å². The summed E-state index contributed by atoms with van der Waals surface area (Å²) in [7, 11) is 0. The molecule has 1 saturated carbocycles. The number of carboxylic acids is 1. The highest BCUT2D eigenvalue weighted by Crippen LogP contribution is 2.34. The van der Waals surface area contributed by atoms with Crippen LogP contribution in [0.1, 0.15) is 32.6 Å². The fourth-order valence-corrected chi connectivity index (χ4v) is 3.02. The van der Waals surface area contributed by atoms with Crippen LogP contribution in [0.5, 0.6) is 0 Å². The lowest BCUT2D eigenvalue weighted by atomic mass is 9.96. The molecule has 0 aromatic rings. The molecule has 5 nitrogen and oxygen atoms in total. The third-order valence-electron chi connectivity index (χ3n) is 4.03. The summed E-state index contributed by atoms with van der Waals surface area (Å²) in [6, 6.07) is -0.842. The molecule has 2 N–H and O–H groups in total. The molecule has 0 bridgehead atoms. The maximum absolute atomic E-state index is 12.3. The molecule has 1 amide bonds. The molecule has 4 atom stereocenters. The van der Waals surface area contributed by atoms with Crippen LogP contribution < -0.4 is 0 Å². The van der Waals surface area contributed by atoms with Gasteiger partial charge in [-0.25, -0.2) is 4.79 Å². The number of β-amino-alcohol motifs (C(OH)–C–C–N with tert-alkyl or cyclic N) is 1. The zero-order valence-electron chi connectivity index (χ0n) is 10.0. The monoisotopic (exact) mass is 241 g/mol. The highest BCUT2D eigenvalue weighted by atomic mass is 16.4. The summed E-state index contributed by atoms with van der Waals surface area (Å²) >= 11 is 0. The topological polar surface area (TPSA) is 77.8 Å². The van der Waals surface area contributed by atoms with Gasteiger partial charge in [0.1, 0.15) is 6.04 Å². The molecule has 2 fully saturated rings. The fourth-order valence-electron chi connectivity index (χ4n) is 3.02. The van der Waals surface area contributed by atoms with E-state index in [9.17, 15) is 14.7 Å². The number of aliphatic hydroxyl groups excluding tert-OH is 1. The molecule has 0 radical (unpaired) electrons. The number of rotatable bonds is 2. The van der Waals surface area contributed by atoms with Crippen molar-refractivity contribution in [3.8, 4) is 0 Å². The van der Waals surface area contributed by atoms with Gasteiger partial charge in [-0.2, -0.15) is 0 Å². The minimum Gasteiger partial charge on any atom is -0.480 e. The predicted octanol–water partition coefficient (Wildman–Crippen LogP) is 0.469. The Kier molecular flexibility index (Phi) is 3.38. The standard InChI is InChI=1S/C12H19NO4/c1-7-3-2-4-9(7)11(15)13-6-8(14)5-10(13)12(16)17/h7-10,14H,2-6H2,1H3,(H,16,17)/t7?,8-,9?,10+/m1/s1. The predicted molar refractivity (Wildman–Crippen MR) is 60.3 cm³/mol. The number of carbonyl (C=O) groups is 2. The van der Waals surface area contributed by atoms with Crippen molar-refractivity contribution in [1.82, 2.24) is 4.90 Å². The first kappa shape index (κ1) is 12.4. The van der Waals surface area contributed by atoms with Crippen molar-refractivity contribution in [2.24, 2.45) is 11.8 Å². The molecule has 0 aromatic heterocycles. The number of nitrogens with zero attached hydrogens (tertiary/aromatic N) is 1. The van der Waals surface area contributed by atoms with Crippen molar-refractivity contribution in [2.45, 2.75) is 44.8 Å². The van der Waals surface area contributed by atoms with Gasteiger partial charge in [0.2, 0.25) is 5.91 Å². The molecule has 2 rings (SSSR count). The van der Waals surface area contributed by atoms with E-state index >= 15 is 0 Å². The van der Waals surface area contributed by atoms with Crippen LogP contribution in [0.4, 0.5) is 0 Å². The zero-order chi connectivity index (χ0) is 12.6. The first-order chi connectivity index (χ1) is 8.00. The van der Waals surface area contributed by atoms with E-state index in [-0.39, 0.29) is 24.8 Å². The van der Waals surface area contributed by atoms with Crippen LogP contribution in [-0.4, -0.2) is 45.7 Å². The number of carbonyl (C=O) groups excluding carboxylic acids is 1. The SMILES string of the molecule is CC1CCCC1C(=O)N1C[C@H](O)C[C@H]1C(=O)O. The maximum atomic E-state index is 12.3. The second-order valence-corrected chi connectivity index (χ2v) is 5.25. The second kappa shape index (κ2) is 4.64. The summed E-state index contributed by atoms with van der Waals surface area (Å²) in [5.41, 5.74) is 0. The van der Waals surface area contributed by atoms with Crippen LogP contribution in [0.2, 0.25) is 0 Å². The van der Waals surface area contributed by atoms with Gasteiger partial charge in [0.25, 0.3) is 0 Å². The van der Waals surface area contributed by atoms with E-state index in [0.717, 1.165) is 19.3 Å². The Hall–Kier alpha value is -1.10. The summed E-state index contributed by atoms with van der Waals surface area (Å²) in [6.07, 6.45) is 2.37. The van der Waals surface area contributed by atoms with Crippen LogP contribution in [0.25, 0.3) is 0 Å². The third-order valence-corrected chi connectivity index (χ3v) is 4.03. The summed E-state index contributed by atoms with van der Waals surface area (Å²) in [6.45, 7) is 2.21. The quantitative estimate of drug-likeness (QED) is 0.736. The largest absolute Gasteiger partial charge is 0.480 e. The van der Waals surface area contributed by atoms with Crippen molar-refractivity contribution >= 4 is 11.9 Å². The Bertz CT molecular complexity index is 330. The Labute approximate surface area is 100 Å². The molecular weight excluding hydrogens is 222 g/mol. The lowest BCUT2D eigenvalue weighted by molar-refractivity contribution is -0.150. The highest BCUT2D eigenvalue weighted by molar-refractivity contribution is 5.86. The molecule has 0 aromatic carbocycles. The molecular formula is C12H19NO4. The fraction of sp³-hybridized carbons (Fsp3) is 0.833. The second-order valence-electron chi connectivity index (χ2n) is 5.25. The molecule has 2 unspecified atom stereocenters. The van der Waals surface area contributed by atoms with Gasteiger partial charge in [0.05, 0.1) is 6.10 Å². The number of hydrogen-bond donors (Lipinski definition) is 2. The van der Waals surface area contributed by atoms with Crippen molar-refractivity contribution in [1.29, 1.82) is 0 Å². The van der Waals surface area contributed by atoms with E-state index in [1.54, 1.807) is 0 Å². The Balaban J connectivity index is 2.10. The minimum absolute atomic E-state index is 0.0536. The summed E-state index contributed by atoms with van der Waals surface area (Å²) in [4.78, 5) is 24.7. The summed E-state index contributed by atoms with van der Waals surface area (Å²) in [5.74, 6) is -0.823. The number of amides is 1. The van der Waals surface area contributed by atoms with Gasteiger partial charge in [-0.1, -0.05) is 13.3 Å². The van der Waals surface area contributed by atoms with E-state index in [2.05, 4.69) is 0 Å². The Morgan fingerprint density at radius 1 is 1.29 bits per heavy atom.